The van der Waals surface area contributed by atoms with Crippen molar-refractivity contribution in [1.29, 1.82) is 0 Å². The molecule has 0 bridgehead atoms. The van der Waals surface area contributed by atoms with Crippen LogP contribution in [0.4, 0.5) is 4.39 Å². The van der Waals surface area contributed by atoms with Crippen molar-refractivity contribution in [1.82, 2.24) is 5.32 Å². The molecule has 0 aliphatic carbocycles. The Labute approximate surface area is 116 Å². The number of benzene rings is 1. The van der Waals surface area contributed by atoms with Crippen LogP contribution in [0, 0.1) is 5.82 Å². The second-order valence-corrected chi connectivity index (χ2v) is 5.40. The SMILES string of the molecule is CCCNC(c1ccccc1F)c1sccc1Cl. The molecule has 2 aromatic rings. The quantitative estimate of drug-likeness (QED) is 0.844. The Hall–Kier alpha value is -0.900. The van der Waals surface area contributed by atoms with E-state index in [1.807, 2.05) is 17.5 Å². The van der Waals surface area contributed by atoms with Crippen LogP contribution in [0.25, 0.3) is 0 Å². The van der Waals surface area contributed by atoms with E-state index in [9.17, 15) is 4.39 Å². The minimum atomic E-state index is -0.199. The summed E-state index contributed by atoms with van der Waals surface area (Å²) in [6.07, 6.45) is 0.994. The molecule has 18 heavy (non-hydrogen) atoms. The van der Waals surface area contributed by atoms with E-state index in [4.69, 9.17) is 11.6 Å². The molecule has 0 aliphatic heterocycles. The van der Waals surface area contributed by atoms with Gasteiger partial charge < -0.3 is 5.32 Å². The Kier molecular flexibility index (Phi) is 4.75. The molecule has 0 saturated carbocycles. The first-order chi connectivity index (χ1) is 8.74. The van der Waals surface area contributed by atoms with Crippen LogP contribution in [0.15, 0.2) is 35.7 Å². The highest BCUT2D eigenvalue weighted by Gasteiger charge is 2.20. The lowest BCUT2D eigenvalue weighted by atomic mass is 10.0. The summed E-state index contributed by atoms with van der Waals surface area (Å²) in [7, 11) is 0. The summed E-state index contributed by atoms with van der Waals surface area (Å²) in [5.41, 5.74) is 0.648. The van der Waals surface area contributed by atoms with Crippen molar-refractivity contribution in [2.75, 3.05) is 6.54 Å². The van der Waals surface area contributed by atoms with Gasteiger partial charge in [-0.1, -0.05) is 36.7 Å². The van der Waals surface area contributed by atoms with Gasteiger partial charge in [-0.15, -0.1) is 11.3 Å². The average Bonchev–Trinajstić information content (AvgIpc) is 2.78. The molecule has 1 N–H and O–H groups in total. The Morgan fingerprint density at radius 2 is 2.11 bits per heavy atom. The van der Waals surface area contributed by atoms with Crippen LogP contribution < -0.4 is 5.32 Å². The molecule has 1 nitrogen and oxygen atoms in total. The van der Waals surface area contributed by atoms with Crippen LogP contribution in [0.1, 0.15) is 29.8 Å². The van der Waals surface area contributed by atoms with Gasteiger partial charge in [-0.25, -0.2) is 4.39 Å². The maximum Gasteiger partial charge on any atom is 0.128 e. The molecule has 1 unspecified atom stereocenters. The highest BCUT2D eigenvalue weighted by atomic mass is 35.5. The van der Waals surface area contributed by atoms with Crippen LogP contribution in [-0.2, 0) is 0 Å². The van der Waals surface area contributed by atoms with Gasteiger partial charge in [0.15, 0.2) is 0 Å². The zero-order valence-corrected chi connectivity index (χ0v) is 11.7. The first-order valence-corrected chi connectivity index (χ1v) is 7.20. The van der Waals surface area contributed by atoms with Crippen molar-refractivity contribution in [3.63, 3.8) is 0 Å². The molecule has 2 rings (SSSR count). The third-order valence-electron chi connectivity index (χ3n) is 2.72. The highest BCUT2D eigenvalue weighted by Crippen LogP contribution is 2.33. The van der Waals surface area contributed by atoms with Crippen LogP contribution in [0.5, 0.6) is 0 Å². The van der Waals surface area contributed by atoms with E-state index in [2.05, 4.69) is 12.2 Å². The number of hydrogen-bond donors (Lipinski definition) is 1. The van der Waals surface area contributed by atoms with Gasteiger partial charge in [0, 0.05) is 10.4 Å². The van der Waals surface area contributed by atoms with Gasteiger partial charge in [0.2, 0.25) is 0 Å². The van der Waals surface area contributed by atoms with Crippen molar-refractivity contribution < 1.29 is 4.39 Å². The van der Waals surface area contributed by atoms with Gasteiger partial charge in [0.1, 0.15) is 5.82 Å². The standard InChI is InChI=1S/C14H15ClFNS/c1-2-8-17-13(14-11(15)7-9-18-14)10-5-3-4-6-12(10)16/h3-7,9,13,17H,2,8H2,1H3. The Morgan fingerprint density at radius 1 is 1.33 bits per heavy atom. The number of thiophene rings is 1. The molecule has 96 valence electrons. The Morgan fingerprint density at radius 3 is 2.72 bits per heavy atom. The van der Waals surface area contributed by atoms with E-state index in [0.29, 0.717) is 10.6 Å². The number of rotatable bonds is 5. The van der Waals surface area contributed by atoms with Crippen LogP contribution in [0.2, 0.25) is 5.02 Å². The van der Waals surface area contributed by atoms with Gasteiger partial charge in [-0.3, -0.25) is 0 Å². The van der Waals surface area contributed by atoms with Gasteiger partial charge in [-0.05, 0) is 30.5 Å². The van der Waals surface area contributed by atoms with Gasteiger partial charge in [0.25, 0.3) is 0 Å². The van der Waals surface area contributed by atoms with Crippen molar-refractivity contribution in [3.8, 4) is 0 Å². The van der Waals surface area contributed by atoms with Crippen molar-refractivity contribution in [2.45, 2.75) is 19.4 Å². The van der Waals surface area contributed by atoms with E-state index in [1.165, 1.54) is 6.07 Å². The van der Waals surface area contributed by atoms with Gasteiger partial charge in [0.05, 0.1) is 11.1 Å². The van der Waals surface area contributed by atoms with E-state index in [1.54, 1.807) is 23.5 Å². The zero-order chi connectivity index (χ0) is 13.0. The molecule has 1 heterocycles. The molecule has 0 radical (unpaired) electrons. The molecule has 0 aliphatic rings. The first-order valence-electron chi connectivity index (χ1n) is 5.94. The molecular formula is C14H15ClFNS. The van der Waals surface area contributed by atoms with Gasteiger partial charge in [-0.2, -0.15) is 0 Å². The molecule has 1 atom stereocenters. The topological polar surface area (TPSA) is 12.0 Å². The maximum atomic E-state index is 13.9. The summed E-state index contributed by atoms with van der Waals surface area (Å²) in [5.74, 6) is -0.199. The summed E-state index contributed by atoms with van der Waals surface area (Å²) in [4.78, 5) is 0.968. The Bertz CT molecular complexity index is 512. The molecule has 4 heteroatoms. The third-order valence-corrected chi connectivity index (χ3v) is 4.15. The van der Waals surface area contributed by atoms with E-state index in [-0.39, 0.29) is 11.9 Å². The van der Waals surface area contributed by atoms with Crippen molar-refractivity contribution in [3.05, 3.63) is 57.0 Å². The van der Waals surface area contributed by atoms with Crippen molar-refractivity contribution in [2.24, 2.45) is 0 Å². The molecular weight excluding hydrogens is 269 g/mol. The smallest absolute Gasteiger partial charge is 0.128 e. The first kappa shape index (κ1) is 13.5. The van der Waals surface area contributed by atoms with Crippen LogP contribution >= 0.6 is 22.9 Å². The molecule has 0 spiro atoms. The monoisotopic (exact) mass is 283 g/mol. The number of halogens is 2. The second-order valence-electron chi connectivity index (χ2n) is 4.04. The second kappa shape index (κ2) is 6.32. The molecule has 0 saturated heterocycles. The normalized spacial score (nSPS) is 12.6. The largest absolute Gasteiger partial charge is 0.305 e. The Balaban J connectivity index is 2.37. The summed E-state index contributed by atoms with van der Waals surface area (Å²) in [6.45, 7) is 2.91. The lowest BCUT2D eigenvalue weighted by molar-refractivity contribution is 0.551. The predicted molar refractivity (Wildman–Crippen MR) is 75.9 cm³/mol. The minimum absolute atomic E-state index is 0.168. The molecule has 1 aromatic carbocycles. The predicted octanol–water partition coefficient (Wildman–Crippen LogP) is 4.63. The third kappa shape index (κ3) is 2.91. The molecule has 0 fully saturated rings. The number of nitrogens with one attached hydrogen (secondary N) is 1. The van der Waals surface area contributed by atoms with Crippen LogP contribution in [0.3, 0.4) is 0 Å². The molecule has 0 amide bonds. The van der Waals surface area contributed by atoms with Crippen LogP contribution in [-0.4, -0.2) is 6.54 Å². The zero-order valence-electron chi connectivity index (χ0n) is 10.1. The minimum Gasteiger partial charge on any atom is -0.305 e. The maximum absolute atomic E-state index is 13.9. The lowest BCUT2D eigenvalue weighted by Crippen LogP contribution is -2.23. The summed E-state index contributed by atoms with van der Waals surface area (Å²) in [6, 6.07) is 8.52. The van der Waals surface area contributed by atoms with Gasteiger partial charge >= 0.3 is 0 Å². The summed E-state index contributed by atoms with van der Waals surface area (Å²) >= 11 is 7.71. The van der Waals surface area contributed by atoms with E-state index < -0.39 is 0 Å². The average molecular weight is 284 g/mol. The fourth-order valence-corrected chi connectivity index (χ4v) is 3.11. The van der Waals surface area contributed by atoms with E-state index >= 15 is 0 Å². The fraction of sp³-hybridized carbons (Fsp3) is 0.286. The van der Waals surface area contributed by atoms with Crippen molar-refractivity contribution >= 4 is 22.9 Å². The highest BCUT2D eigenvalue weighted by molar-refractivity contribution is 7.10. The summed E-state index contributed by atoms with van der Waals surface area (Å²) < 4.78 is 13.9. The molecule has 1 aromatic heterocycles. The number of hydrogen-bond acceptors (Lipinski definition) is 2. The fourth-order valence-electron chi connectivity index (χ4n) is 1.85. The van der Waals surface area contributed by atoms with E-state index in [0.717, 1.165) is 17.8 Å². The summed E-state index contributed by atoms with van der Waals surface area (Å²) in [5, 5.41) is 5.98. The lowest BCUT2D eigenvalue weighted by Gasteiger charge is -2.19.